The maximum atomic E-state index is 12.0. The minimum atomic E-state index is -4.46. The molecule has 0 rings (SSSR count). The molecule has 20 heavy (non-hydrogen) atoms. The SMILES string of the molecule is CCCCCOCCCCCCCCC(O)C(F)(F)F. The van der Waals surface area contributed by atoms with Crippen LogP contribution in [0.3, 0.4) is 0 Å². The molecule has 0 saturated carbocycles. The van der Waals surface area contributed by atoms with Gasteiger partial charge >= 0.3 is 6.18 Å². The third-order valence-corrected chi connectivity index (χ3v) is 3.29. The van der Waals surface area contributed by atoms with Crippen molar-refractivity contribution in [3.8, 4) is 0 Å². The average molecular weight is 298 g/mol. The van der Waals surface area contributed by atoms with Crippen molar-refractivity contribution in [1.82, 2.24) is 0 Å². The maximum Gasteiger partial charge on any atom is 0.414 e. The van der Waals surface area contributed by atoms with E-state index >= 15 is 0 Å². The van der Waals surface area contributed by atoms with Gasteiger partial charge in [0.2, 0.25) is 0 Å². The molecule has 0 amide bonds. The number of rotatable bonds is 13. The van der Waals surface area contributed by atoms with E-state index in [0.29, 0.717) is 6.42 Å². The lowest BCUT2D eigenvalue weighted by molar-refractivity contribution is -0.205. The summed E-state index contributed by atoms with van der Waals surface area (Å²) in [6.45, 7) is 3.79. The van der Waals surface area contributed by atoms with Crippen LogP contribution < -0.4 is 0 Å². The van der Waals surface area contributed by atoms with Gasteiger partial charge in [-0.15, -0.1) is 0 Å². The Bertz CT molecular complexity index is 208. The van der Waals surface area contributed by atoms with Gasteiger partial charge in [-0.2, -0.15) is 13.2 Å². The number of hydrogen-bond donors (Lipinski definition) is 1. The fourth-order valence-electron chi connectivity index (χ4n) is 1.97. The quantitative estimate of drug-likeness (QED) is 0.493. The first-order valence-electron chi connectivity index (χ1n) is 7.81. The zero-order chi connectivity index (χ0) is 15.3. The van der Waals surface area contributed by atoms with Crippen LogP contribution >= 0.6 is 0 Å². The van der Waals surface area contributed by atoms with Crippen molar-refractivity contribution in [2.45, 2.75) is 83.4 Å². The van der Waals surface area contributed by atoms with Gasteiger partial charge in [0.15, 0.2) is 0 Å². The van der Waals surface area contributed by atoms with Crippen molar-refractivity contribution in [2.75, 3.05) is 13.2 Å². The molecule has 5 heteroatoms. The lowest BCUT2D eigenvalue weighted by atomic mass is 10.1. The van der Waals surface area contributed by atoms with Crippen molar-refractivity contribution in [3.05, 3.63) is 0 Å². The van der Waals surface area contributed by atoms with Crippen LogP contribution in [0.1, 0.15) is 71.1 Å². The molecule has 0 radical (unpaired) electrons. The topological polar surface area (TPSA) is 29.5 Å². The normalized spacial score (nSPS) is 13.7. The Morgan fingerprint density at radius 2 is 1.35 bits per heavy atom. The number of aliphatic hydroxyl groups is 1. The Hall–Kier alpha value is -0.290. The summed E-state index contributed by atoms with van der Waals surface area (Å²) in [5, 5.41) is 8.81. The zero-order valence-corrected chi connectivity index (χ0v) is 12.6. The number of aliphatic hydroxyl groups excluding tert-OH is 1. The van der Waals surface area contributed by atoms with Gasteiger partial charge in [-0.1, -0.05) is 51.9 Å². The van der Waals surface area contributed by atoms with Crippen LogP contribution in [0.4, 0.5) is 13.2 Å². The Kier molecular flexibility index (Phi) is 12.3. The molecule has 0 aromatic carbocycles. The molecular weight excluding hydrogens is 269 g/mol. The van der Waals surface area contributed by atoms with Gasteiger partial charge in [0.25, 0.3) is 0 Å². The minimum Gasteiger partial charge on any atom is -0.384 e. The number of ether oxygens (including phenoxy) is 1. The molecule has 0 heterocycles. The molecule has 2 nitrogen and oxygen atoms in total. The van der Waals surface area contributed by atoms with Crippen LogP contribution in [-0.2, 0) is 4.74 Å². The molecule has 0 saturated heterocycles. The molecule has 0 spiro atoms. The minimum absolute atomic E-state index is 0.177. The monoisotopic (exact) mass is 298 g/mol. The highest BCUT2D eigenvalue weighted by molar-refractivity contribution is 4.64. The van der Waals surface area contributed by atoms with Crippen LogP contribution in [0.15, 0.2) is 0 Å². The summed E-state index contributed by atoms with van der Waals surface area (Å²) in [5.41, 5.74) is 0. The van der Waals surface area contributed by atoms with Gasteiger partial charge in [0.05, 0.1) is 0 Å². The highest BCUT2D eigenvalue weighted by Crippen LogP contribution is 2.24. The third kappa shape index (κ3) is 12.7. The summed E-state index contributed by atoms with van der Waals surface area (Å²) in [6.07, 6.45) is 1.99. The van der Waals surface area contributed by atoms with Crippen molar-refractivity contribution in [1.29, 1.82) is 0 Å². The summed E-state index contributed by atoms with van der Waals surface area (Å²) in [6, 6.07) is 0. The summed E-state index contributed by atoms with van der Waals surface area (Å²) >= 11 is 0. The second kappa shape index (κ2) is 12.5. The third-order valence-electron chi connectivity index (χ3n) is 3.29. The Balaban J connectivity index is 3.14. The molecule has 0 aliphatic heterocycles. The predicted octanol–water partition coefficient (Wildman–Crippen LogP) is 4.85. The summed E-state index contributed by atoms with van der Waals surface area (Å²) in [5.74, 6) is 0. The zero-order valence-electron chi connectivity index (χ0n) is 12.6. The lowest BCUT2D eigenvalue weighted by Crippen LogP contribution is -2.28. The van der Waals surface area contributed by atoms with Gasteiger partial charge in [0.1, 0.15) is 6.10 Å². The van der Waals surface area contributed by atoms with Gasteiger partial charge in [-0.3, -0.25) is 0 Å². The Morgan fingerprint density at radius 1 is 0.850 bits per heavy atom. The van der Waals surface area contributed by atoms with Crippen molar-refractivity contribution < 1.29 is 23.0 Å². The molecule has 0 aliphatic carbocycles. The standard InChI is InChI=1S/C15H29F3O2/c1-2-3-9-12-20-13-10-7-5-4-6-8-11-14(19)15(16,17)18/h14,19H,2-13H2,1H3. The molecule has 1 N–H and O–H groups in total. The molecule has 122 valence electrons. The second-order valence-electron chi connectivity index (χ2n) is 5.29. The van der Waals surface area contributed by atoms with E-state index in [4.69, 9.17) is 9.84 Å². The smallest absolute Gasteiger partial charge is 0.384 e. The largest absolute Gasteiger partial charge is 0.414 e. The van der Waals surface area contributed by atoms with E-state index in [0.717, 1.165) is 51.7 Å². The molecule has 1 unspecified atom stereocenters. The summed E-state index contributed by atoms with van der Waals surface area (Å²) in [4.78, 5) is 0. The van der Waals surface area contributed by atoms with E-state index in [1.54, 1.807) is 0 Å². The first-order chi connectivity index (χ1) is 9.48. The second-order valence-corrected chi connectivity index (χ2v) is 5.29. The van der Waals surface area contributed by atoms with Gasteiger partial charge in [-0.25, -0.2) is 0 Å². The van der Waals surface area contributed by atoms with E-state index < -0.39 is 12.3 Å². The van der Waals surface area contributed by atoms with E-state index in [-0.39, 0.29) is 6.42 Å². The van der Waals surface area contributed by atoms with Gasteiger partial charge in [0, 0.05) is 13.2 Å². The fraction of sp³-hybridized carbons (Fsp3) is 1.00. The van der Waals surface area contributed by atoms with Gasteiger partial charge < -0.3 is 9.84 Å². The maximum absolute atomic E-state index is 12.0. The van der Waals surface area contributed by atoms with E-state index in [9.17, 15) is 13.2 Å². The Morgan fingerprint density at radius 3 is 1.90 bits per heavy atom. The summed E-state index contributed by atoms with van der Waals surface area (Å²) < 4.78 is 41.5. The van der Waals surface area contributed by atoms with Crippen LogP contribution in [0.2, 0.25) is 0 Å². The van der Waals surface area contributed by atoms with E-state index in [2.05, 4.69) is 6.92 Å². The van der Waals surface area contributed by atoms with Crippen molar-refractivity contribution in [3.63, 3.8) is 0 Å². The van der Waals surface area contributed by atoms with Crippen LogP contribution in [0.25, 0.3) is 0 Å². The van der Waals surface area contributed by atoms with Crippen LogP contribution in [0, 0.1) is 0 Å². The Labute approximate surface area is 120 Å². The molecule has 0 fully saturated rings. The number of hydrogen-bond acceptors (Lipinski definition) is 2. The van der Waals surface area contributed by atoms with E-state index in [1.165, 1.54) is 12.8 Å². The van der Waals surface area contributed by atoms with E-state index in [1.807, 2.05) is 0 Å². The number of halogens is 3. The molecule has 0 aromatic heterocycles. The van der Waals surface area contributed by atoms with Gasteiger partial charge in [-0.05, 0) is 19.3 Å². The molecule has 0 aliphatic rings. The molecule has 1 atom stereocenters. The highest BCUT2D eigenvalue weighted by atomic mass is 19.4. The average Bonchev–Trinajstić information content (AvgIpc) is 2.38. The van der Waals surface area contributed by atoms with Crippen molar-refractivity contribution >= 4 is 0 Å². The lowest BCUT2D eigenvalue weighted by Gasteiger charge is -2.13. The van der Waals surface area contributed by atoms with Crippen LogP contribution in [0.5, 0.6) is 0 Å². The molecular formula is C15H29F3O2. The molecule has 0 bridgehead atoms. The fourth-order valence-corrected chi connectivity index (χ4v) is 1.97. The summed E-state index contributed by atoms with van der Waals surface area (Å²) in [7, 11) is 0. The highest BCUT2D eigenvalue weighted by Gasteiger charge is 2.37. The number of unbranched alkanes of at least 4 members (excludes halogenated alkanes) is 7. The van der Waals surface area contributed by atoms with Crippen LogP contribution in [-0.4, -0.2) is 30.6 Å². The van der Waals surface area contributed by atoms with Crippen molar-refractivity contribution in [2.24, 2.45) is 0 Å². The first-order valence-corrected chi connectivity index (χ1v) is 7.81. The number of alkyl halides is 3. The molecule has 0 aromatic rings. The predicted molar refractivity (Wildman–Crippen MR) is 74.7 cm³/mol. The first kappa shape index (κ1) is 19.7.